The molecule has 0 fully saturated rings. The lowest BCUT2D eigenvalue weighted by atomic mass is 9.95. The van der Waals surface area contributed by atoms with E-state index in [0.717, 1.165) is 20.7 Å². The zero-order chi connectivity index (χ0) is 14.0. The zero-order valence-corrected chi connectivity index (χ0v) is 13.6. The topological polar surface area (TPSA) is 29.5 Å². The van der Waals surface area contributed by atoms with E-state index in [1.807, 2.05) is 44.2 Å². The van der Waals surface area contributed by atoms with Crippen molar-refractivity contribution in [2.45, 2.75) is 25.9 Å². The van der Waals surface area contributed by atoms with Crippen molar-refractivity contribution in [3.05, 3.63) is 50.1 Å². The summed E-state index contributed by atoms with van der Waals surface area (Å²) in [5, 5.41) is 10.7. The highest BCUT2D eigenvalue weighted by molar-refractivity contribution is 9.10. The molecule has 0 saturated heterocycles. The Bertz CT molecular complexity index is 575. The van der Waals surface area contributed by atoms with Crippen LogP contribution < -0.4 is 4.74 Å². The monoisotopic (exact) mass is 340 g/mol. The number of halogens is 1. The molecular formula is C15H17BrO2S. The molecule has 4 heteroatoms. The molecular weight excluding hydrogens is 324 g/mol. The normalized spacial score (nSPS) is 14.2. The van der Waals surface area contributed by atoms with Crippen molar-refractivity contribution in [2.24, 2.45) is 0 Å². The van der Waals surface area contributed by atoms with Crippen molar-refractivity contribution >= 4 is 27.3 Å². The van der Waals surface area contributed by atoms with Gasteiger partial charge in [-0.3, -0.25) is 0 Å². The quantitative estimate of drug-likeness (QED) is 0.900. The Labute approximate surface area is 126 Å². The van der Waals surface area contributed by atoms with Gasteiger partial charge in [0.2, 0.25) is 0 Å². The van der Waals surface area contributed by atoms with E-state index in [-0.39, 0.29) is 0 Å². The largest absolute Gasteiger partial charge is 0.497 e. The lowest BCUT2D eigenvalue weighted by Gasteiger charge is -2.23. The number of hydrogen-bond donors (Lipinski definition) is 1. The van der Waals surface area contributed by atoms with Crippen LogP contribution in [-0.4, -0.2) is 12.2 Å². The van der Waals surface area contributed by atoms with Crippen molar-refractivity contribution < 1.29 is 9.84 Å². The van der Waals surface area contributed by atoms with Crippen LogP contribution in [0, 0.1) is 6.92 Å². The number of hydrogen-bond acceptors (Lipinski definition) is 3. The molecule has 0 aliphatic rings. The van der Waals surface area contributed by atoms with Gasteiger partial charge in [0.1, 0.15) is 5.75 Å². The summed E-state index contributed by atoms with van der Waals surface area (Å²) in [6.45, 7) is 3.90. The summed E-state index contributed by atoms with van der Waals surface area (Å²) >= 11 is 5.16. The Morgan fingerprint density at radius 2 is 2.05 bits per heavy atom. The standard InChI is InChI=1S/C15H17BrO2S/c1-10-4-7-14(19-10)15(2,17)9-11-8-12(18-3)5-6-13(11)16/h4-8,17H,9H2,1-3H3. The highest BCUT2D eigenvalue weighted by Gasteiger charge is 2.26. The fourth-order valence-electron chi connectivity index (χ4n) is 2.00. The van der Waals surface area contributed by atoms with E-state index in [0.29, 0.717) is 6.42 Å². The minimum absolute atomic E-state index is 0.546. The lowest BCUT2D eigenvalue weighted by Crippen LogP contribution is -2.23. The van der Waals surface area contributed by atoms with Crippen LogP contribution in [0.3, 0.4) is 0 Å². The van der Waals surface area contributed by atoms with Gasteiger partial charge in [0, 0.05) is 20.6 Å². The number of thiophene rings is 1. The minimum Gasteiger partial charge on any atom is -0.497 e. The van der Waals surface area contributed by atoms with Crippen molar-refractivity contribution in [1.82, 2.24) is 0 Å². The van der Waals surface area contributed by atoms with E-state index in [1.54, 1.807) is 18.4 Å². The van der Waals surface area contributed by atoms with Crippen LogP contribution in [0.5, 0.6) is 5.75 Å². The first-order valence-electron chi connectivity index (χ1n) is 6.04. The van der Waals surface area contributed by atoms with Crippen LogP contribution in [0.1, 0.15) is 22.2 Å². The number of aliphatic hydroxyl groups is 1. The molecule has 0 spiro atoms. The van der Waals surface area contributed by atoms with E-state index in [4.69, 9.17) is 4.74 Å². The van der Waals surface area contributed by atoms with Gasteiger partial charge in [0.15, 0.2) is 0 Å². The van der Waals surface area contributed by atoms with Crippen LogP contribution in [0.25, 0.3) is 0 Å². The first-order valence-corrected chi connectivity index (χ1v) is 7.65. The molecule has 2 nitrogen and oxygen atoms in total. The van der Waals surface area contributed by atoms with Crippen LogP contribution >= 0.6 is 27.3 Å². The second-order valence-electron chi connectivity index (χ2n) is 4.82. The van der Waals surface area contributed by atoms with Crippen molar-refractivity contribution in [3.8, 4) is 5.75 Å². The second-order valence-corrected chi connectivity index (χ2v) is 6.96. The van der Waals surface area contributed by atoms with E-state index in [2.05, 4.69) is 15.9 Å². The first kappa shape index (κ1) is 14.6. The molecule has 0 saturated carbocycles. The Hall–Kier alpha value is -0.840. The Morgan fingerprint density at radius 3 is 2.63 bits per heavy atom. The Balaban J connectivity index is 2.29. The maximum atomic E-state index is 10.7. The molecule has 0 radical (unpaired) electrons. The molecule has 2 rings (SSSR count). The van der Waals surface area contributed by atoms with Crippen molar-refractivity contribution in [2.75, 3.05) is 7.11 Å². The van der Waals surface area contributed by atoms with Gasteiger partial charge < -0.3 is 9.84 Å². The lowest BCUT2D eigenvalue weighted by molar-refractivity contribution is 0.0613. The molecule has 0 amide bonds. The molecule has 0 bridgehead atoms. The minimum atomic E-state index is -0.867. The molecule has 1 heterocycles. The maximum absolute atomic E-state index is 10.7. The summed E-state index contributed by atoms with van der Waals surface area (Å²) in [7, 11) is 1.65. The predicted octanol–water partition coefficient (Wildman–Crippen LogP) is 4.28. The molecule has 0 aliphatic carbocycles. The second kappa shape index (κ2) is 5.65. The third kappa shape index (κ3) is 3.38. The van der Waals surface area contributed by atoms with E-state index < -0.39 is 5.60 Å². The fourth-order valence-corrected chi connectivity index (χ4v) is 3.29. The Kier molecular flexibility index (Phi) is 4.33. The van der Waals surface area contributed by atoms with Crippen LogP contribution in [-0.2, 0) is 12.0 Å². The van der Waals surface area contributed by atoms with E-state index >= 15 is 0 Å². The highest BCUT2D eigenvalue weighted by Crippen LogP contribution is 2.34. The highest BCUT2D eigenvalue weighted by atomic mass is 79.9. The summed E-state index contributed by atoms with van der Waals surface area (Å²) in [6, 6.07) is 9.84. The summed E-state index contributed by atoms with van der Waals surface area (Å²) in [5.74, 6) is 0.802. The van der Waals surface area contributed by atoms with Gasteiger partial charge in [-0.05, 0) is 49.7 Å². The van der Waals surface area contributed by atoms with Crippen LogP contribution in [0.15, 0.2) is 34.8 Å². The van der Waals surface area contributed by atoms with Gasteiger partial charge in [-0.15, -0.1) is 11.3 Å². The fraction of sp³-hybridized carbons (Fsp3) is 0.333. The molecule has 1 aromatic carbocycles. The smallest absolute Gasteiger partial charge is 0.119 e. The third-order valence-corrected chi connectivity index (χ3v) is 5.09. The summed E-state index contributed by atoms with van der Waals surface area (Å²) in [5.41, 5.74) is 0.170. The molecule has 102 valence electrons. The van der Waals surface area contributed by atoms with E-state index in [1.165, 1.54) is 4.88 Å². The molecule has 1 atom stereocenters. The van der Waals surface area contributed by atoms with Gasteiger partial charge >= 0.3 is 0 Å². The first-order chi connectivity index (χ1) is 8.92. The Morgan fingerprint density at radius 1 is 1.32 bits per heavy atom. The van der Waals surface area contributed by atoms with Crippen LogP contribution in [0.4, 0.5) is 0 Å². The molecule has 1 aromatic heterocycles. The summed E-state index contributed by atoms with van der Waals surface area (Å²) in [4.78, 5) is 2.19. The van der Waals surface area contributed by atoms with Crippen LogP contribution in [0.2, 0.25) is 0 Å². The molecule has 0 aliphatic heterocycles. The molecule has 19 heavy (non-hydrogen) atoms. The average molecular weight is 341 g/mol. The molecule has 2 aromatic rings. The van der Waals surface area contributed by atoms with Gasteiger partial charge in [-0.25, -0.2) is 0 Å². The van der Waals surface area contributed by atoms with Gasteiger partial charge in [-0.1, -0.05) is 15.9 Å². The summed E-state index contributed by atoms with van der Waals surface area (Å²) in [6.07, 6.45) is 0.546. The molecule has 1 unspecified atom stereocenters. The van der Waals surface area contributed by atoms with Gasteiger partial charge in [0.05, 0.1) is 12.7 Å². The maximum Gasteiger partial charge on any atom is 0.119 e. The zero-order valence-electron chi connectivity index (χ0n) is 11.2. The number of rotatable bonds is 4. The number of aryl methyl sites for hydroxylation is 1. The van der Waals surface area contributed by atoms with Gasteiger partial charge in [0.25, 0.3) is 0 Å². The SMILES string of the molecule is COc1ccc(Br)c(CC(C)(O)c2ccc(C)s2)c1. The predicted molar refractivity (Wildman–Crippen MR) is 83.0 cm³/mol. The van der Waals surface area contributed by atoms with Crippen molar-refractivity contribution in [1.29, 1.82) is 0 Å². The van der Waals surface area contributed by atoms with Gasteiger partial charge in [-0.2, -0.15) is 0 Å². The average Bonchev–Trinajstić information content (AvgIpc) is 2.79. The number of ether oxygens (including phenoxy) is 1. The third-order valence-electron chi connectivity index (χ3n) is 3.06. The van der Waals surface area contributed by atoms with Crippen molar-refractivity contribution in [3.63, 3.8) is 0 Å². The van der Waals surface area contributed by atoms with E-state index in [9.17, 15) is 5.11 Å². The number of methoxy groups -OCH3 is 1. The summed E-state index contributed by atoms with van der Waals surface area (Å²) < 4.78 is 6.22. The molecule has 1 N–H and O–H groups in total. The number of benzene rings is 1.